The fraction of sp³-hybridized carbons (Fsp3) is 0.500. The molecule has 3 nitrogen and oxygen atoms in total. The first kappa shape index (κ1) is 10.6. The summed E-state index contributed by atoms with van der Waals surface area (Å²) in [6, 6.07) is 10.5. The maximum atomic E-state index is 5.70. The average Bonchev–Trinajstić information content (AvgIpc) is 2.33. The van der Waals surface area contributed by atoms with E-state index < -0.39 is 0 Å². The molecule has 0 saturated carbocycles. The smallest absolute Gasteiger partial charge is 0.100 e. The van der Waals surface area contributed by atoms with Gasteiger partial charge in [0.05, 0.1) is 25.9 Å². The van der Waals surface area contributed by atoms with E-state index in [2.05, 4.69) is 17.4 Å². The Balaban J connectivity index is 2.09. The molecule has 0 amide bonds. The number of hydrogen-bond donors (Lipinski definition) is 1. The third kappa shape index (κ3) is 2.56. The quantitative estimate of drug-likeness (QED) is 0.812. The van der Waals surface area contributed by atoms with Crippen LogP contribution in [-0.2, 0) is 9.47 Å². The van der Waals surface area contributed by atoms with Crippen LogP contribution in [-0.4, -0.2) is 33.0 Å². The SMILES string of the molecule is CNC(c1ccccc1)C1COCCO1. The first-order chi connectivity index (χ1) is 7.42. The molecule has 0 spiro atoms. The Labute approximate surface area is 90.4 Å². The van der Waals surface area contributed by atoms with Gasteiger partial charge in [0, 0.05) is 0 Å². The molecule has 1 aliphatic heterocycles. The van der Waals surface area contributed by atoms with Crippen LogP contribution in [0.25, 0.3) is 0 Å². The van der Waals surface area contributed by atoms with Crippen molar-refractivity contribution in [1.29, 1.82) is 0 Å². The fourth-order valence-electron chi connectivity index (χ4n) is 1.93. The van der Waals surface area contributed by atoms with E-state index in [1.165, 1.54) is 5.56 Å². The molecule has 2 atom stereocenters. The predicted molar refractivity (Wildman–Crippen MR) is 58.8 cm³/mol. The molecule has 0 aromatic heterocycles. The fourth-order valence-corrected chi connectivity index (χ4v) is 1.93. The van der Waals surface area contributed by atoms with Gasteiger partial charge in [0.25, 0.3) is 0 Å². The zero-order valence-electron chi connectivity index (χ0n) is 8.98. The summed E-state index contributed by atoms with van der Waals surface area (Å²) in [6.45, 7) is 2.07. The first-order valence-corrected chi connectivity index (χ1v) is 5.33. The summed E-state index contributed by atoms with van der Waals surface area (Å²) in [7, 11) is 1.95. The lowest BCUT2D eigenvalue weighted by atomic mass is 10.0. The van der Waals surface area contributed by atoms with Crippen molar-refractivity contribution in [3.8, 4) is 0 Å². The largest absolute Gasteiger partial charge is 0.376 e. The summed E-state index contributed by atoms with van der Waals surface area (Å²) in [5.41, 5.74) is 1.25. The Bertz CT molecular complexity index is 283. The summed E-state index contributed by atoms with van der Waals surface area (Å²) in [6.07, 6.45) is 0.117. The highest BCUT2D eigenvalue weighted by molar-refractivity contribution is 5.20. The molecule has 15 heavy (non-hydrogen) atoms. The maximum Gasteiger partial charge on any atom is 0.100 e. The molecule has 1 fully saturated rings. The van der Waals surface area contributed by atoms with Gasteiger partial charge in [0.1, 0.15) is 6.10 Å². The first-order valence-electron chi connectivity index (χ1n) is 5.33. The lowest BCUT2D eigenvalue weighted by molar-refractivity contribution is -0.101. The molecule has 82 valence electrons. The lowest BCUT2D eigenvalue weighted by Gasteiger charge is -2.30. The molecule has 1 saturated heterocycles. The van der Waals surface area contributed by atoms with Crippen molar-refractivity contribution in [2.24, 2.45) is 0 Å². The zero-order chi connectivity index (χ0) is 10.5. The molecule has 0 bridgehead atoms. The topological polar surface area (TPSA) is 30.5 Å². The number of rotatable bonds is 3. The zero-order valence-corrected chi connectivity index (χ0v) is 8.98. The van der Waals surface area contributed by atoms with E-state index in [1.807, 2.05) is 25.2 Å². The Morgan fingerprint density at radius 1 is 1.27 bits per heavy atom. The van der Waals surface area contributed by atoms with Crippen molar-refractivity contribution in [2.75, 3.05) is 26.9 Å². The second-order valence-electron chi connectivity index (χ2n) is 3.66. The third-order valence-electron chi connectivity index (χ3n) is 2.68. The van der Waals surface area contributed by atoms with Crippen molar-refractivity contribution in [1.82, 2.24) is 5.32 Å². The van der Waals surface area contributed by atoms with Gasteiger partial charge in [-0.15, -0.1) is 0 Å². The van der Waals surface area contributed by atoms with Crippen molar-refractivity contribution >= 4 is 0 Å². The Kier molecular flexibility index (Phi) is 3.72. The van der Waals surface area contributed by atoms with Crippen LogP contribution in [0.3, 0.4) is 0 Å². The van der Waals surface area contributed by atoms with Crippen LogP contribution in [0, 0.1) is 0 Å². The highest BCUT2D eigenvalue weighted by atomic mass is 16.6. The lowest BCUT2D eigenvalue weighted by Crippen LogP contribution is -2.39. The monoisotopic (exact) mass is 207 g/mol. The molecule has 1 heterocycles. The Morgan fingerprint density at radius 3 is 2.67 bits per heavy atom. The predicted octanol–water partition coefficient (Wildman–Crippen LogP) is 1.36. The van der Waals surface area contributed by atoms with E-state index in [0.29, 0.717) is 19.8 Å². The van der Waals surface area contributed by atoms with E-state index in [1.54, 1.807) is 0 Å². The number of benzene rings is 1. The van der Waals surface area contributed by atoms with Crippen molar-refractivity contribution in [2.45, 2.75) is 12.1 Å². The molecule has 1 aromatic carbocycles. The van der Waals surface area contributed by atoms with Gasteiger partial charge >= 0.3 is 0 Å². The molecule has 1 N–H and O–H groups in total. The normalized spacial score (nSPS) is 23.7. The summed E-state index contributed by atoms with van der Waals surface area (Å²) in [5.74, 6) is 0. The Hall–Kier alpha value is -0.900. The average molecular weight is 207 g/mol. The van der Waals surface area contributed by atoms with E-state index in [9.17, 15) is 0 Å². The summed E-state index contributed by atoms with van der Waals surface area (Å²) >= 11 is 0. The van der Waals surface area contributed by atoms with Gasteiger partial charge in [-0.3, -0.25) is 0 Å². The van der Waals surface area contributed by atoms with Gasteiger partial charge in [0.2, 0.25) is 0 Å². The van der Waals surface area contributed by atoms with Gasteiger partial charge in [-0.1, -0.05) is 30.3 Å². The van der Waals surface area contributed by atoms with Gasteiger partial charge in [-0.05, 0) is 12.6 Å². The molecular formula is C12H17NO2. The van der Waals surface area contributed by atoms with Crippen LogP contribution in [0.5, 0.6) is 0 Å². The second-order valence-corrected chi connectivity index (χ2v) is 3.66. The molecule has 2 rings (SSSR count). The van der Waals surface area contributed by atoms with Crippen molar-refractivity contribution in [3.63, 3.8) is 0 Å². The van der Waals surface area contributed by atoms with Gasteiger partial charge in [-0.25, -0.2) is 0 Å². The molecule has 0 aliphatic carbocycles. The van der Waals surface area contributed by atoms with E-state index >= 15 is 0 Å². The van der Waals surface area contributed by atoms with Crippen LogP contribution in [0.2, 0.25) is 0 Å². The molecule has 3 heteroatoms. The highest BCUT2D eigenvalue weighted by Crippen LogP contribution is 2.20. The molecule has 1 aliphatic rings. The summed E-state index contributed by atoms with van der Waals surface area (Å²) in [5, 5.41) is 3.28. The van der Waals surface area contributed by atoms with Crippen LogP contribution < -0.4 is 5.32 Å². The minimum atomic E-state index is 0.117. The van der Waals surface area contributed by atoms with Gasteiger partial charge < -0.3 is 14.8 Å². The van der Waals surface area contributed by atoms with Crippen LogP contribution >= 0.6 is 0 Å². The second kappa shape index (κ2) is 5.26. The molecule has 1 aromatic rings. The maximum absolute atomic E-state index is 5.70. The van der Waals surface area contributed by atoms with Crippen LogP contribution in [0.15, 0.2) is 30.3 Å². The van der Waals surface area contributed by atoms with Crippen molar-refractivity contribution < 1.29 is 9.47 Å². The Morgan fingerprint density at radius 2 is 2.07 bits per heavy atom. The minimum Gasteiger partial charge on any atom is -0.376 e. The summed E-state index contributed by atoms with van der Waals surface area (Å²) < 4.78 is 11.1. The van der Waals surface area contributed by atoms with Crippen LogP contribution in [0.1, 0.15) is 11.6 Å². The number of ether oxygens (including phenoxy) is 2. The number of likely N-dealkylation sites (N-methyl/N-ethyl adjacent to an activating group) is 1. The van der Waals surface area contributed by atoms with Gasteiger partial charge in [0.15, 0.2) is 0 Å². The summed E-state index contributed by atoms with van der Waals surface area (Å²) in [4.78, 5) is 0. The molecule has 2 unspecified atom stereocenters. The number of hydrogen-bond acceptors (Lipinski definition) is 3. The molecule has 0 radical (unpaired) electrons. The van der Waals surface area contributed by atoms with E-state index in [4.69, 9.17) is 9.47 Å². The standard InChI is InChI=1S/C12H17NO2/c1-13-12(10-5-3-2-4-6-10)11-9-14-7-8-15-11/h2-6,11-13H,7-9H2,1H3. The number of nitrogens with one attached hydrogen (secondary N) is 1. The van der Waals surface area contributed by atoms with Crippen molar-refractivity contribution in [3.05, 3.63) is 35.9 Å². The van der Waals surface area contributed by atoms with Gasteiger partial charge in [-0.2, -0.15) is 0 Å². The third-order valence-corrected chi connectivity index (χ3v) is 2.68. The van der Waals surface area contributed by atoms with E-state index in [0.717, 1.165) is 0 Å². The highest BCUT2D eigenvalue weighted by Gasteiger charge is 2.24. The minimum absolute atomic E-state index is 0.117. The molecular weight excluding hydrogens is 190 g/mol. The van der Waals surface area contributed by atoms with Crippen LogP contribution in [0.4, 0.5) is 0 Å². The van der Waals surface area contributed by atoms with E-state index in [-0.39, 0.29) is 12.1 Å².